The third-order valence-electron chi connectivity index (χ3n) is 4.63. The average Bonchev–Trinajstić information content (AvgIpc) is 3.16. The number of rotatable bonds is 5. The lowest BCUT2D eigenvalue weighted by molar-refractivity contribution is -0.127. The van der Waals surface area contributed by atoms with E-state index in [1.807, 2.05) is 0 Å². The first kappa shape index (κ1) is 17.8. The van der Waals surface area contributed by atoms with E-state index in [0.717, 1.165) is 25.8 Å². The highest BCUT2D eigenvalue weighted by Gasteiger charge is 2.34. The van der Waals surface area contributed by atoms with Gasteiger partial charge in [0.1, 0.15) is 0 Å². The number of likely N-dealkylation sites (tertiary alicyclic amines) is 1. The lowest BCUT2D eigenvalue weighted by atomic mass is 10.0. The van der Waals surface area contributed by atoms with E-state index < -0.39 is 0 Å². The fourth-order valence-electron chi connectivity index (χ4n) is 3.35. The van der Waals surface area contributed by atoms with Crippen LogP contribution in [0.2, 0.25) is 0 Å². The third-order valence-corrected chi connectivity index (χ3v) is 4.63. The summed E-state index contributed by atoms with van der Waals surface area (Å²) in [5.41, 5.74) is 1.24. The van der Waals surface area contributed by atoms with Crippen molar-refractivity contribution in [2.45, 2.75) is 31.6 Å². The molecule has 2 aliphatic heterocycles. The maximum atomic E-state index is 12.4. The average molecular weight is 347 g/mol. The molecule has 2 fully saturated rings. The van der Waals surface area contributed by atoms with Gasteiger partial charge in [0.05, 0.1) is 25.8 Å². The van der Waals surface area contributed by atoms with Crippen LogP contribution in [0.4, 0.5) is 5.69 Å². The predicted molar refractivity (Wildman–Crippen MR) is 93.4 cm³/mol. The largest absolute Gasteiger partial charge is 0.355 e. The molecule has 0 aromatic heterocycles. The van der Waals surface area contributed by atoms with Crippen molar-refractivity contribution >= 4 is 17.5 Å². The summed E-state index contributed by atoms with van der Waals surface area (Å²) in [7, 11) is 1.59. The number of carbonyl (C=O) groups excluding carboxylic acids is 2. The molecule has 0 spiro atoms. The monoisotopic (exact) mass is 347 g/mol. The number of ether oxygens (including phenoxy) is 2. The summed E-state index contributed by atoms with van der Waals surface area (Å²) in [5, 5.41) is 5.46. The summed E-state index contributed by atoms with van der Waals surface area (Å²) in [6, 6.07) is 6.99. The van der Waals surface area contributed by atoms with E-state index in [9.17, 15) is 9.59 Å². The van der Waals surface area contributed by atoms with Crippen molar-refractivity contribution in [2.75, 3.05) is 38.7 Å². The molecule has 0 saturated carbocycles. The fourth-order valence-corrected chi connectivity index (χ4v) is 3.35. The molecule has 1 aromatic carbocycles. The molecule has 2 saturated heterocycles. The molecule has 2 N–H and O–H groups in total. The fraction of sp³-hybridized carbons (Fsp3) is 0.556. The first-order valence-electron chi connectivity index (χ1n) is 8.76. The highest BCUT2D eigenvalue weighted by Crippen LogP contribution is 2.24. The van der Waals surface area contributed by atoms with Crippen molar-refractivity contribution in [1.82, 2.24) is 10.2 Å². The molecule has 1 aromatic rings. The number of anilines is 1. The highest BCUT2D eigenvalue weighted by atomic mass is 16.7. The zero-order chi connectivity index (χ0) is 17.6. The summed E-state index contributed by atoms with van der Waals surface area (Å²) in [4.78, 5) is 26.1. The van der Waals surface area contributed by atoms with Crippen molar-refractivity contribution in [3.63, 3.8) is 0 Å². The van der Waals surface area contributed by atoms with E-state index in [-0.39, 0.29) is 24.1 Å². The van der Waals surface area contributed by atoms with Gasteiger partial charge in [-0.05, 0) is 43.7 Å². The molecule has 0 radical (unpaired) electrons. The van der Waals surface area contributed by atoms with Gasteiger partial charge in [-0.3, -0.25) is 14.5 Å². The summed E-state index contributed by atoms with van der Waals surface area (Å²) in [6.45, 7) is 2.43. The third kappa shape index (κ3) is 4.56. The number of hydrogen-bond donors (Lipinski definition) is 2. The van der Waals surface area contributed by atoms with Gasteiger partial charge in [0.25, 0.3) is 5.91 Å². The number of piperidine rings is 1. The second-order valence-corrected chi connectivity index (χ2v) is 6.35. The van der Waals surface area contributed by atoms with Crippen LogP contribution in [0.1, 0.15) is 29.6 Å². The Hall–Kier alpha value is -1.96. The maximum Gasteiger partial charge on any atom is 0.251 e. The Morgan fingerprint density at radius 2 is 1.88 bits per heavy atom. The van der Waals surface area contributed by atoms with Crippen LogP contribution in [0.15, 0.2) is 24.3 Å². The van der Waals surface area contributed by atoms with Crippen LogP contribution < -0.4 is 10.6 Å². The van der Waals surface area contributed by atoms with Gasteiger partial charge in [0.2, 0.25) is 5.91 Å². The van der Waals surface area contributed by atoms with E-state index in [1.165, 1.54) is 0 Å². The summed E-state index contributed by atoms with van der Waals surface area (Å²) in [6.07, 6.45) is 2.98. The molecule has 25 heavy (non-hydrogen) atoms. The second-order valence-electron chi connectivity index (χ2n) is 6.35. The lowest BCUT2D eigenvalue weighted by Crippen LogP contribution is -2.50. The Morgan fingerprint density at radius 3 is 2.56 bits per heavy atom. The Kier molecular flexibility index (Phi) is 6.01. The number of carbonyl (C=O) groups is 2. The van der Waals surface area contributed by atoms with Crippen molar-refractivity contribution in [3.8, 4) is 0 Å². The number of hydrogen-bond acceptors (Lipinski definition) is 5. The number of nitrogens with one attached hydrogen (secondary N) is 2. The summed E-state index contributed by atoms with van der Waals surface area (Å²) < 4.78 is 11.3. The molecule has 7 nitrogen and oxygen atoms in total. The van der Waals surface area contributed by atoms with E-state index in [2.05, 4.69) is 15.5 Å². The molecule has 7 heteroatoms. The van der Waals surface area contributed by atoms with Crippen LogP contribution in [0, 0.1) is 0 Å². The van der Waals surface area contributed by atoms with E-state index in [4.69, 9.17) is 9.47 Å². The van der Waals surface area contributed by atoms with Crippen LogP contribution in [-0.4, -0.2) is 62.4 Å². The molecular weight excluding hydrogens is 322 g/mol. The van der Waals surface area contributed by atoms with Gasteiger partial charge in [-0.1, -0.05) is 6.42 Å². The molecule has 2 heterocycles. The Labute approximate surface area is 147 Å². The Balaban J connectivity index is 1.56. The van der Waals surface area contributed by atoms with Crippen LogP contribution in [-0.2, 0) is 14.3 Å². The number of benzene rings is 1. The van der Waals surface area contributed by atoms with E-state index in [0.29, 0.717) is 31.0 Å². The van der Waals surface area contributed by atoms with Crippen molar-refractivity contribution in [1.29, 1.82) is 0 Å². The van der Waals surface area contributed by atoms with Gasteiger partial charge in [0, 0.05) is 18.3 Å². The van der Waals surface area contributed by atoms with Gasteiger partial charge in [0.15, 0.2) is 6.29 Å². The predicted octanol–water partition coefficient (Wildman–Crippen LogP) is 1.21. The Morgan fingerprint density at radius 1 is 1.16 bits per heavy atom. The van der Waals surface area contributed by atoms with Crippen molar-refractivity contribution in [2.24, 2.45) is 0 Å². The standard InChI is InChI=1S/C18H25N3O4/c1-19-17(23)13-5-7-14(8-6-13)20-16(22)12-21-9-3-2-4-15(21)18-24-10-11-25-18/h5-8,15,18H,2-4,9-12H2,1H3,(H,19,23)(H,20,22). The van der Waals surface area contributed by atoms with Crippen LogP contribution >= 0.6 is 0 Å². The van der Waals surface area contributed by atoms with Crippen LogP contribution in [0.3, 0.4) is 0 Å². The number of nitrogens with zero attached hydrogens (tertiary/aromatic N) is 1. The topological polar surface area (TPSA) is 79.9 Å². The normalized spacial score (nSPS) is 21.9. The van der Waals surface area contributed by atoms with E-state index >= 15 is 0 Å². The van der Waals surface area contributed by atoms with Crippen molar-refractivity contribution < 1.29 is 19.1 Å². The SMILES string of the molecule is CNC(=O)c1ccc(NC(=O)CN2CCCCC2C2OCCO2)cc1. The minimum Gasteiger partial charge on any atom is -0.355 e. The van der Waals surface area contributed by atoms with Gasteiger partial charge >= 0.3 is 0 Å². The molecule has 0 aliphatic carbocycles. The zero-order valence-electron chi connectivity index (χ0n) is 14.5. The first-order valence-corrected chi connectivity index (χ1v) is 8.76. The second kappa shape index (κ2) is 8.42. The maximum absolute atomic E-state index is 12.4. The lowest BCUT2D eigenvalue weighted by Gasteiger charge is -2.37. The molecule has 0 bridgehead atoms. The number of amides is 2. The molecule has 3 rings (SSSR count). The molecule has 136 valence electrons. The molecular formula is C18H25N3O4. The minimum absolute atomic E-state index is 0.0717. The van der Waals surface area contributed by atoms with Crippen LogP contribution in [0.5, 0.6) is 0 Å². The Bertz CT molecular complexity index is 599. The van der Waals surface area contributed by atoms with E-state index in [1.54, 1.807) is 31.3 Å². The highest BCUT2D eigenvalue weighted by molar-refractivity contribution is 5.96. The van der Waals surface area contributed by atoms with Gasteiger partial charge < -0.3 is 20.1 Å². The minimum atomic E-state index is -0.222. The van der Waals surface area contributed by atoms with Crippen LogP contribution in [0.25, 0.3) is 0 Å². The molecule has 2 amide bonds. The van der Waals surface area contributed by atoms with Gasteiger partial charge in [-0.25, -0.2) is 0 Å². The van der Waals surface area contributed by atoms with Gasteiger partial charge in [-0.2, -0.15) is 0 Å². The molecule has 1 unspecified atom stereocenters. The molecule has 1 atom stereocenters. The smallest absolute Gasteiger partial charge is 0.251 e. The first-order chi connectivity index (χ1) is 12.2. The summed E-state index contributed by atoms with van der Waals surface area (Å²) >= 11 is 0. The zero-order valence-corrected chi connectivity index (χ0v) is 14.5. The molecule has 2 aliphatic rings. The quantitative estimate of drug-likeness (QED) is 0.837. The van der Waals surface area contributed by atoms with Gasteiger partial charge in [-0.15, -0.1) is 0 Å². The summed E-state index contributed by atoms with van der Waals surface area (Å²) in [5.74, 6) is -0.219. The van der Waals surface area contributed by atoms with Crippen molar-refractivity contribution in [3.05, 3.63) is 29.8 Å².